The van der Waals surface area contributed by atoms with Crippen LogP contribution >= 0.6 is 11.3 Å². The quantitative estimate of drug-likeness (QED) is 0.335. The van der Waals surface area contributed by atoms with Gasteiger partial charge in [-0.15, -0.1) is 11.3 Å². The average Bonchev–Trinajstić information content (AvgIpc) is 3.59. The van der Waals surface area contributed by atoms with Gasteiger partial charge in [0.15, 0.2) is 11.5 Å². The number of carbonyl (C=O) groups is 2. The molecule has 39 heavy (non-hydrogen) atoms. The van der Waals surface area contributed by atoms with E-state index < -0.39 is 0 Å². The maximum absolute atomic E-state index is 13.3. The number of H-pyrrole nitrogens is 1. The van der Waals surface area contributed by atoms with Crippen molar-refractivity contribution < 1.29 is 23.8 Å². The number of anilines is 1. The van der Waals surface area contributed by atoms with Gasteiger partial charge in [0.2, 0.25) is 11.7 Å². The Kier molecular flexibility index (Phi) is 7.42. The lowest BCUT2D eigenvalue weighted by atomic mass is 9.97. The zero-order chi connectivity index (χ0) is 27.7. The van der Waals surface area contributed by atoms with Crippen molar-refractivity contribution in [2.24, 2.45) is 0 Å². The first-order valence-corrected chi connectivity index (χ1v) is 13.5. The number of imidazole rings is 1. The molecule has 0 unspecified atom stereocenters. The van der Waals surface area contributed by atoms with Crippen molar-refractivity contribution in [2.45, 2.75) is 32.6 Å². The number of benzene rings is 2. The number of rotatable bonds is 7. The number of fused-ring (bicyclic) bond motifs is 1. The number of nitrogens with one attached hydrogen (secondary N) is 2. The van der Waals surface area contributed by atoms with E-state index in [0.29, 0.717) is 47.5 Å². The minimum atomic E-state index is -0.307. The molecule has 1 fully saturated rings. The molecule has 0 atom stereocenters. The van der Waals surface area contributed by atoms with Gasteiger partial charge in [-0.25, -0.2) is 9.97 Å². The molecule has 0 radical (unpaired) electrons. The molecule has 1 aliphatic heterocycles. The molecule has 2 N–H and O–H groups in total. The second-order valence-corrected chi connectivity index (χ2v) is 10.4. The van der Waals surface area contributed by atoms with E-state index in [1.807, 2.05) is 30.9 Å². The summed E-state index contributed by atoms with van der Waals surface area (Å²) in [5.41, 5.74) is 4.77. The highest BCUT2D eigenvalue weighted by Crippen LogP contribution is 2.41. The zero-order valence-electron chi connectivity index (χ0n) is 22.6. The molecular formula is C28H31N5O5S. The molecule has 0 spiro atoms. The third-order valence-electron chi connectivity index (χ3n) is 7.15. The van der Waals surface area contributed by atoms with E-state index in [1.165, 1.54) is 32.7 Å². The van der Waals surface area contributed by atoms with Gasteiger partial charge in [0, 0.05) is 24.4 Å². The maximum atomic E-state index is 13.3. The van der Waals surface area contributed by atoms with Gasteiger partial charge in [-0.2, -0.15) is 0 Å². The van der Waals surface area contributed by atoms with Crippen molar-refractivity contribution >= 4 is 40.1 Å². The van der Waals surface area contributed by atoms with Crippen molar-refractivity contribution in [3.63, 3.8) is 0 Å². The fourth-order valence-electron chi connectivity index (χ4n) is 4.85. The van der Waals surface area contributed by atoms with Crippen LogP contribution in [0.2, 0.25) is 0 Å². The van der Waals surface area contributed by atoms with E-state index >= 15 is 0 Å². The number of amides is 2. The number of hydrogen-bond acceptors (Lipinski definition) is 8. The highest BCUT2D eigenvalue weighted by atomic mass is 32.1. The first-order valence-electron chi connectivity index (χ1n) is 12.6. The van der Waals surface area contributed by atoms with Crippen LogP contribution < -0.4 is 19.5 Å². The number of carbonyl (C=O) groups excluding carboxylic acids is 2. The second-order valence-electron chi connectivity index (χ2n) is 9.51. The van der Waals surface area contributed by atoms with E-state index in [0.717, 1.165) is 40.0 Å². The summed E-state index contributed by atoms with van der Waals surface area (Å²) < 4.78 is 16.3. The summed E-state index contributed by atoms with van der Waals surface area (Å²) in [6.07, 6.45) is 1.50. The molecule has 11 heteroatoms. The summed E-state index contributed by atoms with van der Waals surface area (Å²) in [6, 6.07) is 7.42. The topological polar surface area (TPSA) is 119 Å². The molecule has 10 nitrogen and oxygen atoms in total. The van der Waals surface area contributed by atoms with Crippen molar-refractivity contribution in [1.29, 1.82) is 0 Å². The smallest absolute Gasteiger partial charge is 0.277 e. The van der Waals surface area contributed by atoms with Crippen molar-refractivity contribution in [2.75, 3.05) is 39.7 Å². The summed E-state index contributed by atoms with van der Waals surface area (Å²) in [5.74, 6) is 1.38. The van der Waals surface area contributed by atoms with Gasteiger partial charge >= 0.3 is 0 Å². The lowest BCUT2D eigenvalue weighted by Crippen LogP contribution is -2.38. The molecule has 1 aliphatic rings. The molecule has 2 aromatic heterocycles. The number of aromatic nitrogens is 3. The molecule has 0 saturated carbocycles. The summed E-state index contributed by atoms with van der Waals surface area (Å²) >= 11 is 1.47. The fourth-order valence-corrected chi connectivity index (χ4v) is 5.82. The molecule has 204 valence electrons. The maximum Gasteiger partial charge on any atom is 0.277 e. The van der Waals surface area contributed by atoms with E-state index in [4.69, 9.17) is 14.2 Å². The van der Waals surface area contributed by atoms with E-state index in [2.05, 4.69) is 20.3 Å². The Bertz CT molecular complexity index is 1500. The largest absolute Gasteiger partial charge is 0.493 e. The molecule has 3 heterocycles. The van der Waals surface area contributed by atoms with Crippen LogP contribution in [0, 0.1) is 13.8 Å². The SMILES string of the molecule is COc1ccc(C(=O)N2CCC(c3nc(C(=O)Nc4nc5cc(C)c(C)cc5[nH]4)cs3)CC2)c(OC)c1OC. The van der Waals surface area contributed by atoms with E-state index in [9.17, 15) is 9.59 Å². The Hall–Kier alpha value is -4.12. The van der Waals surface area contributed by atoms with Crippen LogP contribution in [0.4, 0.5) is 5.95 Å². The van der Waals surface area contributed by atoms with Crippen LogP contribution in [-0.2, 0) is 0 Å². The van der Waals surface area contributed by atoms with Crippen molar-refractivity contribution in [3.05, 3.63) is 57.0 Å². The van der Waals surface area contributed by atoms with Gasteiger partial charge in [-0.1, -0.05) is 0 Å². The Morgan fingerprint density at radius 1 is 1.00 bits per heavy atom. The molecule has 0 aliphatic carbocycles. The third-order valence-corrected chi connectivity index (χ3v) is 8.16. The predicted molar refractivity (Wildman–Crippen MR) is 150 cm³/mol. The van der Waals surface area contributed by atoms with Crippen molar-refractivity contribution in [3.8, 4) is 17.2 Å². The number of methoxy groups -OCH3 is 3. The number of likely N-dealkylation sites (tertiary alicyclic amines) is 1. The fraction of sp³-hybridized carbons (Fsp3) is 0.357. The molecule has 2 aromatic carbocycles. The number of aryl methyl sites for hydroxylation is 2. The van der Waals surface area contributed by atoms with Crippen LogP contribution in [0.15, 0.2) is 29.6 Å². The normalized spacial score (nSPS) is 13.9. The van der Waals surface area contributed by atoms with E-state index in [1.54, 1.807) is 17.5 Å². The highest BCUT2D eigenvalue weighted by molar-refractivity contribution is 7.10. The lowest BCUT2D eigenvalue weighted by molar-refractivity contribution is 0.0708. The first kappa shape index (κ1) is 26.5. The number of aromatic amines is 1. The molecule has 0 bridgehead atoms. The molecule has 4 aromatic rings. The minimum absolute atomic E-state index is 0.123. The van der Waals surface area contributed by atoms with Crippen LogP contribution in [0.5, 0.6) is 17.2 Å². The van der Waals surface area contributed by atoms with Crippen LogP contribution in [-0.4, -0.2) is 66.1 Å². The number of piperidine rings is 1. The standard InChI is InChI=1S/C28H31N5O5S/c1-15-12-19-20(13-16(15)2)31-28(30-19)32-25(34)21-14-39-26(29-21)17-8-10-33(11-9-17)27(35)18-6-7-22(36-3)24(38-5)23(18)37-4/h6-7,12-14,17H,8-11H2,1-5H3,(H2,30,31,32,34). The van der Waals surface area contributed by atoms with Crippen molar-refractivity contribution in [1.82, 2.24) is 19.9 Å². The summed E-state index contributed by atoms with van der Waals surface area (Å²) in [6.45, 7) is 5.21. The van der Waals surface area contributed by atoms with Gasteiger partial charge in [0.1, 0.15) is 5.69 Å². The molecule has 2 amide bonds. The third kappa shape index (κ3) is 5.14. The number of hydrogen-bond donors (Lipinski definition) is 2. The predicted octanol–water partition coefficient (Wildman–Crippen LogP) is 4.93. The molecular weight excluding hydrogens is 518 g/mol. The second kappa shape index (κ2) is 10.9. The average molecular weight is 550 g/mol. The number of thiazole rings is 1. The Morgan fingerprint density at radius 3 is 2.41 bits per heavy atom. The van der Waals surface area contributed by atoms with Crippen LogP contribution in [0.25, 0.3) is 11.0 Å². The summed E-state index contributed by atoms with van der Waals surface area (Å²) in [4.78, 5) is 40.3. The Morgan fingerprint density at radius 2 is 1.72 bits per heavy atom. The first-order chi connectivity index (χ1) is 18.8. The summed E-state index contributed by atoms with van der Waals surface area (Å²) in [5, 5.41) is 5.49. The monoisotopic (exact) mass is 549 g/mol. The van der Waals surface area contributed by atoms with Gasteiger partial charge in [-0.05, 0) is 62.1 Å². The number of nitrogens with zero attached hydrogens (tertiary/aromatic N) is 3. The van der Waals surface area contributed by atoms with Crippen LogP contribution in [0.1, 0.15) is 55.7 Å². The Labute approximate surface area is 230 Å². The zero-order valence-corrected chi connectivity index (χ0v) is 23.4. The van der Waals surface area contributed by atoms with Gasteiger partial charge in [0.05, 0.1) is 42.9 Å². The van der Waals surface area contributed by atoms with Gasteiger partial charge < -0.3 is 24.1 Å². The lowest BCUT2D eigenvalue weighted by Gasteiger charge is -2.31. The molecule has 1 saturated heterocycles. The molecule has 5 rings (SSSR count). The van der Waals surface area contributed by atoms with Crippen LogP contribution in [0.3, 0.4) is 0 Å². The van der Waals surface area contributed by atoms with E-state index in [-0.39, 0.29) is 17.7 Å². The highest BCUT2D eigenvalue weighted by Gasteiger charge is 2.30. The van der Waals surface area contributed by atoms with Gasteiger partial charge in [-0.3, -0.25) is 14.9 Å². The minimum Gasteiger partial charge on any atom is -0.493 e. The number of ether oxygens (including phenoxy) is 3. The summed E-state index contributed by atoms with van der Waals surface area (Å²) in [7, 11) is 4.56. The Balaban J connectivity index is 1.23. The van der Waals surface area contributed by atoms with Gasteiger partial charge in [0.25, 0.3) is 11.8 Å².